The van der Waals surface area contributed by atoms with Gasteiger partial charge in [-0.2, -0.15) is 5.10 Å². The van der Waals surface area contributed by atoms with Gasteiger partial charge in [0.25, 0.3) is 0 Å². The zero-order chi connectivity index (χ0) is 20.7. The molecule has 0 spiro atoms. The molecule has 2 aromatic rings. The Labute approximate surface area is 190 Å². The van der Waals surface area contributed by atoms with Gasteiger partial charge in [-0.25, -0.2) is 9.67 Å². The lowest BCUT2D eigenvalue weighted by atomic mass is 9.92. The van der Waals surface area contributed by atoms with E-state index >= 15 is 0 Å². The zero-order valence-electron chi connectivity index (χ0n) is 18.2. The normalized spacial score (nSPS) is 11.6. The molecule has 0 unspecified atom stereocenters. The molecule has 0 radical (unpaired) electrons. The van der Waals surface area contributed by atoms with Gasteiger partial charge in [-0.05, 0) is 52.3 Å². The second-order valence-corrected chi connectivity index (χ2v) is 7.48. The SMILES string of the molecule is CCNC(=NCc1ccccc1-n1nc(C)cc1C)NCC(C)(C)C(=O)NC.I. The molecule has 1 aromatic carbocycles. The van der Waals surface area contributed by atoms with Crippen molar-refractivity contribution in [2.24, 2.45) is 10.4 Å². The number of para-hydroxylation sites is 1. The second-order valence-electron chi connectivity index (χ2n) is 7.48. The van der Waals surface area contributed by atoms with Crippen molar-refractivity contribution in [1.82, 2.24) is 25.7 Å². The first kappa shape index (κ1) is 24.9. The Morgan fingerprint density at radius 3 is 2.48 bits per heavy atom. The Hall–Kier alpha value is -2.10. The summed E-state index contributed by atoms with van der Waals surface area (Å²) in [5.74, 6) is 0.674. The number of rotatable bonds is 7. The fourth-order valence-corrected chi connectivity index (χ4v) is 2.95. The summed E-state index contributed by atoms with van der Waals surface area (Å²) in [5, 5.41) is 13.8. The lowest BCUT2D eigenvalue weighted by molar-refractivity contribution is -0.128. The minimum Gasteiger partial charge on any atom is -0.359 e. The van der Waals surface area contributed by atoms with Crippen molar-refractivity contribution < 1.29 is 4.79 Å². The Kier molecular flexibility index (Phi) is 9.61. The number of halogens is 1. The highest BCUT2D eigenvalue weighted by Gasteiger charge is 2.26. The summed E-state index contributed by atoms with van der Waals surface area (Å²) in [6.07, 6.45) is 0. The third kappa shape index (κ3) is 6.73. The molecule has 0 aliphatic rings. The molecule has 7 nitrogen and oxygen atoms in total. The van der Waals surface area contributed by atoms with Crippen LogP contribution in [0, 0.1) is 19.3 Å². The molecule has 0 aliphatic carbocycles. The number of carbonyl (C=O) groups is 1. The highest BCUT2D eigenvalue weighted by atomic mass is 127. The van der Waals surface area contributed by atoms with E-state index in [-0.39, 0.29) is 29.9 Å². The Morgan fingerprint density at radius 1 is 1.21 bits per heavy atom. The van der Waals surface area contributed by atoms with Crippen molar-refractivity contribution in [3.8, 4) is 5.69 Å². The molecule has 8 heteroatoms. The van der Waals surface area contributed by atoms with Gasteiger partial charge in [0.1, 0.15) is 0 Å². The van der Waals surface area contributed by atoms with Gasteiger partial charge in [0.2, 0.25) is 5.91 Å². The molecule has 0 fully saturated rings. The van der Waals surface area contributed by atoms with Gasteiger partial charge >= 0.3 is 0 Å². The number of hydrogen-bond donors (Lipinski definition) is 3. The largest absolute Gasteiger partial charge is 0.359 e. The monoisotopic (exact) mass is 512 g/mol. The van der Waals surface area contributed by atoms with Gasteiger partial charge in [0.05, 0.1) is 23.3 Å². The maximum absolute atomic E-state index is 12.0. The van der Waals surface area contributed by atoms with Crippen LogP contribution in [0.4, 0.5) is 0 Å². The minimum atomic E-state index is -0.535. The van der Waals surface area contributed by atoms with E-state index < -0.39 is 5.41 Å². The van der Waals surface area contributed by atoms with Crippen LogP contribution in [0.2, 0.25) is 0 Å². The molecule has 0 bridgehead atoms. The number of carbonyl (C=O) groups excluding carboxylic acids is 1. The third-order valence-corrected chi connectivity index (χ3v) is 4.52. The van der Waals surface area contributed by atoms with E-state index in [0.29, 0.717) is 19.0 Å². The molecule has 3 N–H and O–H groups in total. The van der Waals surface area contributed by atoms with Crippen LogP contribution >= 0.6 is 24.0 Å². The van der Waals surface area contributed by atoms with Crippen molar-refractivity contribution in [2.45, 2.75) is 41.2 Å². The number of amides is 1. The van der Waals surface area contributed by atoms with Crippen LogP contribution in [0.5, 0.6) is 0 Å². The number of nitrogens with zero attached hydrogens (tertiary/aromatic N) is 3. The summed E-state index contributed by atoms with van der Waals surface area (Å²) in [6.45, 7) is 11.6. The van der Waals surface area contributed by atoms with E-state index in [1.54, 1.807) is 7.05 Å². The van der Waals surface area contributed by atoms with Crippen molar-refractivity contribution in [1.29, 1.82) is 0 Å². The molecule has 1 aromatic heterocycles. The molecule has 29 heavy (non-hydrogen) atoms. The topological polar surface area (TPSA) is 83.3 Å². The van der Waals surface area contributed by atoms with Crippen molar-refractivity contribution >= 4 is 35.8 Å². The van der Waals surface area contributed by atoms with E-state index in [1.807, 2.05) is 51.4 Å². The highest BCUT2D eigenvalue weighted by Crippen LogP contribution is 2.18. The molecule has 1 amide bonds. The fraction of sp³-hybridized carbons (Fsp3) is 0.476. The molecule has 2 rings (SSSR count). The van der Waals surface area contributed by atoms with Crippen molar-refractivity contribution in [3.05, 3.63) is 47.3 Å². The average molecular weight is 512 g/mol. The second kappa shape index (κ2) is 11.2. The first-order chi connectivity index (χ1) is 13.3. The van der Waals surface area contributed by atoms with Gasteiger partial charge in [-0.3, -0.25) is 4.79 Å². The van der Waals surface area contributed by atoms with E-state index in [9.17, 15) is 4.79 Å². The van der Waals surface area contributed by atoms with Crippen LogP contribution < -0.4 is 16.0 Å². The summed E-state index contributed by atoms with van der Waals surface area (Å²) < 4.78 is 1.95. The number of guanidine groups is 1. The van der Waals surface area contributed by atoms with E-state index in [2.05, 4.69) is 39.2 Å². The van der Waals surface area contributed by atoms with Gasteiger partial charge in [-0.1, -0.05) is 18.2 Å². The molecular weight excluding hydrogens is 479 g/mol. The van der Waals surface area contributed by atoms with E-state index in [1.165, 1.54) is 0 Å². The third-order valence-electron chi connectivity index (χ3n) is 4.52. The van der Waals surface area contributed by atoms with Crippen molar-refractivity contribution in [2.75, 3.05) is 20.1 Å². The lowest BCUT2D eigenvalue weighted by Crippen LogP contribution is -2.47. The average Bonchev–Trinajstić information content (AvgIpc) is 3.01. The standard InChI is InChI=1S/C21H32N6O.HI/c1-7-23-20(25-14-21(4,5)19(28)22-6)24-13-17-10-8-9-11-18(17)27-16(3)12-15(2)26-27;/h8-12H,7,13-14H2,1-6H3,(H,22,28)(H2,23,24,25);1H. The minimum absolute atomic E-state index is 0. The molecule has 0 aliphatic heterocycles. The van der Waals surface area contributed by atoms with Gasteiger partial charge in [0, 0.05) is 25.8 Å². The first-order valence-electron chi connectivity index (χ1n) is 9.64. The quantitative estimate of drug-likeness (QED) is 0.303. The molecule has 1 heterocycles. The number of aliphatic imine (C=N–C) groups is 1. The lowest BCUT2D eigenvalue weighted by Gasteiger charge is -2.24. The summed E-state index contributed by atoms with van der Waals surface area (Å²) in [7, 11) is 1.65. The molecule has 0 atom stereocenters. The maximum atomic E-state index is 12.0. The van der Waals surface area contributed by atoms with Gasteiger partial charge in [0.15, 0.2) is 5.96 Å². The van der Waals surface area contributed by atoms with Crippen molar-refractivity contribution in [3.63, 3.8) is 0 Å². The Bertz CT molecular complexity index is 843. The number of aromatic nitrogens is 2. The highest BCUT2D eigenvalue weighted by molar-refractivity contribution is 14.0. The molecule has 160 valence electrons. The van der Waals surface area contributed by atoms with Crippen LogP contribution in [-0.2, 0) is 11.3 Å². The van der Waals surface area contributed by atoms with E-state index in [0.717, 1.165) is 29.2 Å². The summed E-state index contributed by atoms with van der Waals surface area (Å²) >= 11 is 0. The Balaban J connectivity index is 0.00000420. The summed E-state index contributed by atoms with van der Waals surface area (Å²) in [4.78, 5) is 16.7. The van der Waals surface area contributed by atoms with Gasteiger partial charge < -0.3 is 16.0 Å². The molecule has 0 saturated carbocycles. The number of aryl methyl sites for hydroxylation is 2. The van der Waals surface area contributed by atoms with Crippen LogP contribution in [0.25, 0.3) is 5.69 Å². The smallest absolute Gasteiger partial charge is 0.227 e. The predicted molar refractivity (Wildman–Crippen MR) is 129 cm³/mol. The number of nitrogens with one attached hydrogen (secondary N) is 3. The summed E-state index contributed by atoms with van der Waals surface area (Å²) in [5.41, 5.74) is 3.65. The predicted octanol–water partition coefficient (Wildman–Crippen LogP) is 2.93. The van der Waals surface area contributed by atoms with Crippen LogP contribution in [-0.4, -0.2) is 41.8 Å². The molecule has 0 saturated heterocycles. The van der Waals surface area contributed by atoms with E-state index in [4.69, 9.17) is 4.99 Å². The van der Waals surface area contributed by atoms with Crippen LogP contribution in [0.1, 0.15) is 37.7 Å². The first-order valence-corrected chi connectivity index (χ1v) is 9.64. The Morgan fingerprint density at radius 2 is 1.90 bits per heavy atom. The zero-order valence-corrected chi connectivity index (χ0v) is 20.5. The number of benzene rings is 1. The summed E-state index contributed by atoms with van der Waals surface area (Å²) in [6, 6.07) is 10.2. The van der Waals surface area contributed by atoms with Crippen LogP contribution in [0.3, 0.4) is 0 Å². The fourth-order valence-electron chi connectivity index (χ4n) is 2.95. The number of hydrogen-bond acceptors (Lipinski definition) is 3. The maximum Gasteiger partial charge on any atom is 0.227 e. The van der Waals surface area contributed by atoms with Gasteiger partial charge in [-0.15, -0.1) is 24.0 Å². The van der Waals surface area contributed by atoms with Crippen LogP contribution in [0.15, 0.2) is 35.3 Å². The molecular formula is C21H33IN6O.